The summed E-state index contributed by atoms with van der Waals surface area (Å²) in [6.45, 7) is 0.577. The molecule has 2 aromatic heterocycles. The molecule has 5 rings (SSSR count). The van der Waals surface area contributed by atoms with Gasteiger partial charge in [-0.05, 0) is 86.1 Å². The summed E-state index contributed by atoms with van der Waals surface area (Å²) in [6.07, 6.45) is 8.43. The minimum atomic E-state index is -1.09. The van der Waals surface area contributed by atoms with Crippen LogP contribution in [0, 0.1) is 0 Å². The van der Waals surface area contributed by atoms with Crippen LogP contribution in [0.2, 0.25) is 0 Å². The molecule has 2 aromatic carbocycles. The van der Waals surface area contributed by atoms with E-state index in [2.05, 4.69) is 22.5 Å². The Hall–Kier alpha value is -4.20. The Morgan fingerprint density at radius 3 is 2.71 bits per heavy atom. The number of pyridine rings is 1. The second-order valence-electron chi connectivity index (χ2n) is 9.86. The second-order valence-corrected chi connectivity index (χ2v) is 9.86. The smallest absolute Gasteiger partial charge is 0.326 e. The van der Waals surface area contributed by atoms with Crippen LogP contribution in [0.1, 0.15) is 52.1 Å². The molecule has 0 spiro atoms. The fourth-order valence-electron chi connectivity index (χ4n) is 4.90. The van der Waals surface area contributed by atoms with Crippen molar-refractivity contribution in [1.82, 2.24) is 20.1 Å². The number of aryl methyl sites for hydroxylation is 4. The van der Waals surface area contributed by atoms with Crippen molar-refractivity contribution in [1.29, 1.82) is 0 Å². The van der Waals surface area contributed by atoms with Gasteiger partial charge in [0.1, 0.15) is 11.8 Å². The van der Waals surface area contributed by atoms with E-state index in [1.807, 2.05) is 37.5 Å². The Morgan fingerprint density at radius 1 is 1.08 bits per heavy atom. The predicted molar refractivity (Wildman–Crippen MR) is 144 cm³/mol. The van der Waals surface area contributed by atoms with Gasteiger partial charge in [-0.3, -0.25) is 14.5 Å². The van der Waals surface area contributed by atoms with Gasteiger partial charge in [0.05, 0.1) is 12.1 Å². The number of nitrogens with one attached hydrogen (secondary N) is 1. The monoisotopic (exact) mass is 512 g/mol. The molecule has 4 aromatic rings. The molecule has 0 radical (unpaired) electrons. The summed E-state index contributed by atoms with van der Waals surface area (Å²) in [5.41, 5.74) is 5.74. The summed E-state index contributed by atoms with van der Waals surface area (Å²) < 4.78 is 7.56. The van der Waals surface area contributed by atoms with Gasteiger partial charge < -0.3 is 15.2 Å². The number of aliphatic carboxylic acids is 1. The summed E-state index contributed by atoms with van der Waals surface area (Å²) in [7, 11) is 1.81. The lowest BCUT2D eigenvalue weighted by Gasteiger charge is -2.16. The first-order valence-corrected chi connectivity index (χ1v) is 13.1. The maximum absolute atomic E-state index is 12.7. The molecule has 8 heteroatoms. The number of carboxylic acid groups (broad SMARTS) is 1. The van der Waals surface area contributed by atoms with E-state index in [9.17, 15) is 14.7 Å². The highest BCUT2D eigenvalue weighted by molar-refractivity contribution is 5.99. The maximum atomic E-state index is 12.7. The number of aromatic nitrogens is 3. The Bertz CT molecular complexity index is 1440. The highest BCUT2D eigenvalue weighted by Gasteiger charge is 2.21. The molecule has 1 atom stereocenters. The first-order valence-electron chi connectivity index (χ1n) is 13.1. The number of ether oxygens (including phenoxy) is 1. The molecule has 0 bridgehead atoms. The molecule has 196 valence electrons. The molecule has 1 aliphatic rings. The van der Waals surface area contributed by atoms with Crippen LogP contribution < -0.4 is 10.1 Å². The van der Waals surface area contributed by atoms with Crippen molar-refractivity contribution < 1.29 is 19.4 Å². The number of nitrogens with zero attached hydrogens (tertiary/aromatic N) is 3. The molecule has 1 amide bonds. The summed E-state index contributed by atoms with van der Waals surface area (Å²) >= 11 is 0. The molecule has 1 unspecified atom stereocenters. The lowest BCUT2D eigenvalue weighted by Crippen LogP contribution is -2.42. The van der Waals surface area contributed by atoms with E-state index in [1.54, 1.807) is 22.9 Å². The SMILES string of the molecule is Cn1cc2cc(C(=O)NC(Cc3ccc(OCCCc4ccc5c(n4)CCCC5)cc3)C(=O)O)ccc2n1. The van der Waals surface area contributed by atoms with Gasteiger partial charge in [-0.2, -0.15) is 5.10 Å². The number of carboxylic acids is 1. The van der Waals surface area contributed by atoms with Crippen LogP contribution in [0.15, 0.2) is 60.8 Å². The number of carbonyl (C=O) groups is 2. The van der Waals surface area contributed by atoms with Crippen molar-refractivity contribution >= 4 is 22.8 Å². The van der Waals surface area contributed by atoms with Crippen LogP contribution in [0.25, 0.3) is 10.9 Å². The number of carbonyl (C=O) groups excluding carboxylic acids is 1. The molecule has 0 fully saturated rings. The van der Waals surface area contributed by atoms with Gasteiger partial charge >= 0.3 is 5.97 Å². The fraction of sp³-hybridized carbons (Fsp3) is 0.333. The highest BCUT2D eigenvalue weighted by Crippen LogP contribution is 2.20. The molecule has 2 N–H and O–H groups in total. The normalized spacial score (nSPS) is 13.6. The average Bonchev–Trinajstić information content (AvgIpc) is 3.30. The van der Waals surface area contributed by atoms with Crippen LogP contribution >= 0.6 is 0 Å². The van der Waals surface area contributed by atoms with Crippen LogP contribution in [-0.4, -0.2) is 44.4 Å². The fourth-order valence-corrected chi connectivity index (χ4v) is 4.90. The Balaban J connectivity index is 1.11. The maximum Gasteiger partial charge on any atom is 0.326 e. The number of benzene rings is 2. The number of amides is 1. The highest BCUT2D eigenvalue weighted by atomic mass is 16.5. The molecular weight excluding hydrogens is 480 g/mol. The molecule has 0 saturated carbocycles. The topological polar surface area (TPSA) is 106 Å². The summed E-state index contributed by atoms with van der Waals surface area (Å²) in [4.78, 5) is 29.4. The van der Waals surface area contributed by atoms with E-state index in [1.165, 1.54) is 24.1 Å². The molecule has 8 nitrogen and oxygen atoms in total. The van der Waals surface area contributed by atoms with Gasteiger partial charge in [0.2, 0.25) is 0 Å². The number of rotatable bonds is 10. The lowest BCUT2D eigenvalue weighted by molar-refractivity contribution is -0.139. The minimum Gasteiger partial charge on any atom is -0.494 e. The van der Waals surface area contributed by atoms with Gasteiger partial charge in [-0.15, -0.1) is 0 Å². The van der Waals surface area contributed by atoms with Crippen LogP contribution in [-0.2, 0) is 37.5 Å². The zero-order valence-corrected chi connectivity index (χ0v) is 21.5. The number of hydrogen-bond donors (Lipinski definition) is 2. The van der Waals surface area contributed by atoms with E-state index in [0.717, 1.165) is 53.6 Å². The lowest BCUT2D eigenvalue weighted by atomic mass is 9.95. The van der Waals surface area contributed by atoms with Gasteiger partial charge in [0, 0.05) is 42.0 Å². The average molecular weight is 513 g/mol. The van der Waals surface area contributed by atoms with Crippen molar-refractivity contribution in [2.75, 3.05) is 6.61 Å². The second kappa shape index (κ2) is 11.5. The van der Waals surface area contributed by atoms with Gasteiger partial charge in [0.25, 0.3) is 5.91 Å². The Kier molecular flexibility index (Phi) is 7.67. The third kappa shape index (κ3) is 6.19. The van der Waals surface area contributed by atoms with Crippen molar-refractivity contribution in [3.63, 3.8) is 0 Å². The van der Waals surface area contributed by atoms with Gasteiger partial charge in [-0.25, -0.2) is 4.79 Å². The largest absolute Gasteiger partial charge is 0.494 e. The van der Waals surface area contributed by atoms with Crippen LogP contribution in [0.4, 0.5) is 0 Å². The van der Waals surface area contributed by atoms with E-state index in [-0.39, 0.29) is 6.42 Å². The van der Waals surface area contributed by atoms with E-state index in [4.69, 9.17) is 9.72 Å². The molecule has 0 saturated heterocycles. The summed E-state index contributed by atoms with van der Waals surface area (Å²) in [5.74, 6) is -0.790. The minimum absolute atomic E-state index is 0.167. The van der Waals surface area contributed by atoms with Crippen molar-refractivity contribution in [2.24, 2.45) is 7.05 Å². The number of hydrogen-bond acceptors (Lipinski definition) is 5. The zero-order chi connectivity index (χ0) is 26.5. The molecule has 1 aliphatic carbocycles. The summed E-state index contributed by atoms with van der Waals surface area (Å²) in [6, 6.07) is 15.8. The first kappa shape index (κ1) is 25.4. The van der Waals surface area contributed by atoms with Crippen molar-refractivity contribution in [3.05, 3.63) is 88.9 Å². The van der Waals surface area contributed by atoms with E-state index >= 15 is 0 Å². The molecular formula is C30H32N4O4. The van der Waals surface area contributed by atoms with Gasteiger partial charge in [0.15, 0.2) is 0 Å². The van der Waals surface area contributed by atoms with Crippen molar-refractivity contribution in [3.8, 4) is 5.75 Å². The Labute approximate surface area is 221 Å². The zero-order valence-electron chi connectivity index (χ0n) is 21.5. The quantitative estimate of drug-likeness (QED) is 0.307. The first-order chi connectivity index (χ1) is 18.4. The standard InChI is InChI=1S/C30H32N4O4/c1-34-19-23-18-22(11-15-27(23)33-34)29(35)32-28(30(36)37)17-20-8-13-25(14-9-20)38-16-4-6-24-12-10-21-5-2-3-7-26(21)31-24/h8-15,18-19,28H,2-7,16-17H2,1H3,(H,32,35)(H,36,37). The van der Waals surface area contributed by atoms with Gasteiger partial charge in [-0.1, -0.05) is 18.2 Å². The third-order valence-electron chi connectivity index (χ3n) is 6.93. The number of fused-ring (bicyclic) bond motifs is 2. The molecule has 38 heavy (non-hydrogen) atoms. The Morgan fingerprint density at radius 2 is 1.89 bits per heavy atom. The third-order valence-corrected chi connectivity index (χ3v) is 6.93. The predicted octanol–water partition coefficient (Wildman–Crippen LogP) is 4.28. The molecule has 0 aliphatic heterocycles. The van der Waals surface area contributed by atoms with Crippen LogP contribution in [0.3, 0.4) is 0 Å². The summed E-state index contributed by atoms with van der Waals surface area (Å²) in [5, 5.41) is 17.5. The van der Waals surface area contributed by atoms with Crippen molar-refractivity contribution in [2.45, 2.75) is 51.0 Å². The van der Waals surface area contributed by atoms with E-state index in [0.29, 0.717) is 12.2 Å². The van der Waals surface area contributed by atoms with E-state index < -0.39 is 17.9 Å². The van der Waals surface area contributed by atoms with Crippen LogP contribution in [0.5, 0.6) is 5.75 Å². The molecule has 2 heterocycles.